The Bertz CT molecular complexity index is 427. The van der Waals surface area contributed by atoms with E-state index in [1.54, 1.807) is 4.90 Å². The van der Waals surface area contributed by atoms with Gasteiger partial charge in [-0.15, -0.1) is 0 Å². The molecule has 1 amide bonds. The fraction of sp³-hybridized carbons (Fsp3) is 0.917. The number of carbonyl (C=O) groups excluding carboxylic acids is 1. The molecule has 1 saturated heterocycles. The zero-order chi connectivity index (χ0) is 13.4. The van der Waals surface area contributed by atoms with Crippen molar-refractivity contribution in [3.63, 3.8) is 0 Å². The van der Waals surface area contributed by atoms with Gasteiger partial charge >= 0.3 is 0 Å². The van der Waals surface area contributed by atoms with Crippen molar-refractivity contribution in [1.29, 1.82) is 0 Å². The molecule has 104 valence electrons. The van der Waals surface area contributed by atoms with Gasteiger partial charge in [0.25, 0.3) is 0 Å². The van der Waals surface area contributed by atoms with E-state index < -0.39 is 15.4 Å². The lowest BCUT2D eigenvalue weighted by Crippen LogP contribution is -2.44. The summed E-state index contributed by atoms with van der Waals surface area (Å²) in [5.74, 6) is -0.0140. The van der Waals surface area contributed by atoms with Crippen LogP contribution < -0.4 is 0 Å². The number of carbonyl (C=O) groups is 1. The summed E-state index contributed by atoms with van der Waals surface area (Å²) < 4.78 is 22.1. The number of likely N-dealkylation sites (tertiary alicyclic amines) is 1. The van der Waals surface area contributed by atoms with Crippen LogP contribution in [-0.4, -0.2) is 55.0 Å². The molecule has 5 nitrogen and oxygen atoms in total. The molecule has 1 saturated carbocycles. The number of nitrogens with zero attached hydrogens (tertiary/aromatic N) is 1. The Kier molecular flexibility index (Phi) is 3.69. The minimum absolute atomic E-state index is 0.0595. The Morgan fingerprint density at radius 2 is 2.11 bits per heavy atom. The summed E-state index contributed by atoms with van der Waals surface area (Å²) in [6.45, 7) is 1.27. The smallest absolute Gasteiger partial charge is 0.223 e. The van der Waals surface area contributed by atoms with Crippen LogP contribution in [0.5, 0.6) is 0 Å². The van der Waals surface area contributed by atoms with Gasteiger partial charge in [-0.05, 0) is 25.7 Å². The lowest BCUT2D eigenvalue weighted by Gasteiger charge is -2.35. The van der Waals surface area contributed by atoms with Crippen LogP contribution in [0.15, 0.2) is 0 Å². The monoisotopic (exact) mass is 275 g/mol. The SMILES string of the molecule is CS(=O)(=O)CCC(=O)N1CCCC(C2(O)CC2)C1. The van der Waals surface area contributed by atoms with Crippen LogP contribution in [-0.2, 0) is 14.6 Å². The standard InChI is InChI=1S/C12H21NO4S/c1-18(16,17)8-4-11(14)13-7-2-3-10(9-13)12(15)5-6-12/h10,15H,2-9H2,1H3. The van der Waals surface area contributed by atoms with Gasteiger partial charge in [-0.25, -0.2) is 8.42 Å². The molecule has 1 atom stereocenters. The van der Waals surface area contributed by atoms with Crippen molar-refractivity contribution in [1.82, 2.24) is 4.90 Å². The zero-order valence-electron chi connectivity index (χ0n) is 10.8. The molecule has 2 fully saturated rings. The van der Waals surface area contributed by atoms with E-state index in [9.17, 15) is 18.3 Å². The molecule has 0 radical (unpaired) electrons. The summed E-state index contributed by atoms with van der Waals surface area (Å²) in [6, 6.07) is 0. The predicted molar refractivity (Wildman–Crippen MR) is 67.8 cm³/mol. The van der Waals surface area contributed by atoms with E-state index >= 15 is 0 Å². The van der Waals surface area contributed by atoms with Crippen molar-refractivity contribution in [2.45, 2.75) is 37.7 Å². The number of piperidine rings is 1. The van der Waals surface area contributed by atoms with Crippen LogP contribution in [0.25, 0.3) is 0 Å². The lowest BCUT2D eigenvalue weighted by atomic mass is 9.90. The summed E-state index contributed by atoms with van der Waals surface area (Å²) >= 11 is 0. The van der Waals surface area contributed by atoms with Crippen LogP contribution in [0.3, 0.4) is 0 Å². The Morgan fingerprint density at radius 3 is 2.67 bits per heavy atom. The van der Waals surface area contributed by atoms with Crippen molar-refractivity contribution in [3.8, 4) is 0 Å². The summed E-state index contributed by atoms with van der Waals surface area (Å²) in [5.41, 5.74) is -0.546. The van der Waals surface area contributed by atoms with Gasteiger partial charge in [0.15, 0.2) is 0 Å². The van der Waals surface area contributed by atoms with Crippen molar-refractivity contribution in [2.24, 2.45) is 5.92 Å². The van der Waals surface area contributed by atoms with Gasteiger partial charge < -0.3 is 10.0 Å². The Hall–Kier alpha value is -0.620. The highest BCUT2D eigenvalue weighted by Gasteiger charge is 2.48. The maximum Gasteiger partial charge on any atom is 0.223 e. The van der Waals surface area contributed by atoms with Gasteiger partial charge in [0.05, 0.1) is 11.4 Å². The minimum Gasteiger partial charge on any atom is -0.390 e. The van der Waals surface area contributed by atoms with E-state index in [0.717, 1.165) is 31.9 Å². The first-order chi connectivity index (χ1) is 8.30. The second-order valence-electron chi connectivity index (χ2n) is 5.66. The summed E-state index contributed by atoms with van der Waals surface area (Å²) in [7, 11) is -3.08. The number of rotatable bonds is 4. The predicted octanol–water partition coefficient (Wildman–Crippen LogP) is 0.185. The van der Waals surface area contributed by atoms with E-state index in [1.165, 1.54) is 0 Å². The Labute approximate surface area is 108 Å². The second-order valence-corrected chi connectivity index (χ2v) is 7.92. The van der Waals surface area contributed by atoms with Gasteiger partial charge in [-0.3, -0.25) is 4.79 Å². The molecule has 0 spiro atoms. The first kappa shape index (κ1) is 13.8. The van der Waals surface area contributed by atoms with Gasteiger partial charge in [0.2, 0.25) is 5.91 Å². The fourth-order valence-corrected chi connectivity index (χ4v) is 3.15. The largest absolute Gasteiger partial charge is 0.390 e. The lowest BCUT2D eigenvalue weighted by molar-refractivity contribution is -0.133. The number of aliphatic hydroxyl groups is 1. The molecule has 6 heteroatoms. The topological polar surface area (TPSA) is 74.7 Å². The van der Waals surface area contributed by atoms with Crippen molar-refractivity contribution >= 4 is 15.7 Å². The van der Waals surface area contributed by atoms with Crippen molar-refractivity contribution < 1.29 is 18.3 Å². The number of sulfone groups is 1. The van der Waals surface area contributed by atoms with Crippen LogP contribution in [0.2, 0.25) is 0 Å². The van der Waals surface area contributed by atoms with Crippen LogP contribution in [0.4, 0.5) is 0 Å². The average molecular weight is 275 g/mol. The van der Waals surface area contributed by atoms with E-state index in [-0.39, 0.29) is 24.0 Å². The van der Waals surface area contributed by atoms with Gasteiger partial charge in [0, 0.05) is 31.7 Å². The molecular formula is C12H21NO4S. The zero-order valence-corrected chi connectivity index (χ0v) is 11.6. The maximum absolute atomic E-state index is 11.9. The molecule has 1 aliphatic carbocycles. The third kappa shape index (κ3) is 3.45. The van der Waals surface area contributed by atoms with Gasteiger partial charge in [0.1, 0.15) is 9.84 Å². The molecule has 0 bridgehead atoms. The van der Waals surface area contributed by atoms with Crippen LogP contribution in [0.1, 0.15) is 32.1 Å². The third-order valence-electron chi connectivity index (χ3n) is 3.98. The van der Waals surface area contributed by atoms with Gasteiger partial charge in [-0.2, -0.15) is 0 Å². The van der Waals surface area contributed by atoms with E-state index in [4.69, 9.17) is 0 Å². The average Bonchev–Trinajstić information content (AvgIpc) is 3.05. The van der Waals surface area contributed by atoms with E-state index in [0.29, 0.717) is 13.1 Å². The third-order valence-corrected chi connectivity index (χ3v) is 4.93. The quantitative estimate of drug-likeness (QED) is 0.794. The van der Waals surface area contributed by atoms with Crippen molar-refractivity contribution in [3.05, 3.63) is 0 Å². The highest BCUT2D eigenvalue weighted by molar-refractivity contribution is 7.90. The van der Waals surface area contributed by atoms with Crippen LogP contribution >= 0.6 is 0 Å². The number of hydrogen-bond donors (Lipinski definition) is 1. The Balaban J connectivity index is 1.86. The molecule has 1 N–H and O–H groups in total. The molecule has 1 aliphatic heterocycles. The molecule has 0 aromatic heterocycles. The highest BCUT2D eigenvalue weighted by atomic mass is 32.2. The first-order valence-corrected chi connectivity index (χ1v) is 8.54. The van der Waals surface area contributed by atoms with E-state index in [1.807, 2.05) is 0 Å². The molecule has 1 heterocycles. The number of amides is 1. The van der Waals surface area contributed by atoms with Gasteiger partial charge in [-0.1, -0.05) is 0 Å². The maximum atomic E-state index is 11.9. The summed E-state index contributed by atoms with van der Waals surface area (Å²) in [5, 5.41) is 10.1. The summed E-state index contributed by atoms with van der Waals surface area (Å²) in [6.07, 6.45) is 4.74. The normalized spacial score (nSPS) is 27.0. The molecule has 0 aromatic rings. The Morgan fingerprint density at radius 1 is 1.44 bits per heavy atom. The first-order valence-electron chi connectivity index (χ1n) is 6.48. The summed E-state index contributed by atoms with van der Waals surface area (Å²) in [4.78, 5) is 13.6. The molecule has 2 aliphatic rings. The fourth-order valence-electron chi connectivity index (χ4n) is 2.61. The van der Waals surface area contributed by atoms with E-state index in [2.05, 4.69) is 0 Å². The molecule has 1 unspecified atom stereocenters. The molecule has 18 heavy (non-hydrogen) atoms. The minimum atomic E-state index is -3.08. The van der Waals surface area contributed by atoms with Crippen LogP contribution in [0, 0.1) is 5.92 Å². The van der Waals surface area contributed by atoms with Crippen molar-refractivity contribution in [2.75, 3.05) is 25.1 Å². The highest BCUT2D eigenvalue weighted by Crippen LogP contribution is 2.45. The number of hydrogen-bond acceptors (Lipinski definition) is 4. The second kappa shape index (κ2) is 4.81. The molecule has 2 rings (SSSR count). The molecular weight excluding hydrogens is 254 g/mol. The molecule has 0 aromatic carbocycles.